The molecule has 0 aromatic heterocycles. The van der Waals surface area contributed by atoms with Crippen molar-refractivity contribution in [1.29, 1.82) is 0 Å². The maximum absolute atomic E-state index is 4.97. The summed E-state index contributed by atoms with van der Waals surface area (Å²) in [5.74, 6) is 0.917. The minimum Gasteiger partial charge on any atom is -0.497 e. The summed E-state index contributed by atoms with van der Waals surface area (Å²) in [7, 11) is 1.67. The van der Waals surface area contributed by atoms with Crippen LogP contribution in [0.5, 0.6) is 5.75 Å². The lowest BCUT2D eigenvalue weighted by Gasteiger charge is -1.97. The van der Waals surface area contributed by atoms with Gasteiger partial charge in [0.05, 0.1) is 7.11 Å². The molecule has 0 aliphatic rings. The van der Waals surface area contributed by atoms with E-state index in [1.54, 1.807) is 7.11 Å². The van der Waals surface area contributed by atoms with Gasteiger partial charge in [-0.1, -0.05) is 89.8 Å². The Labute approximate surface area is 159 Å². The molecule has 1 heteroatoms. The molecule has 0 aliphatic carbocycles. The Morgan fingerprint density at radius 2 is 0.846 bits per heavy atom. The average Bonchev–Trinajstić information content (AvgIpc) is 2.66. The van der Waals surface area contributed by atoms with E-state index in [1.165, 1.54) is 27.8 Å². The zero-order chi connectivity index (χ0) is 19.4. The fourth-order valence-corrected chi connectivity index (χ4v) is 2.14. The van der Waals surface area contributed by atoms with Crippen molar-refractivity contribution in [2.75, 3.05) is 7.11 Å². The quantitative estimate of drug-likeness (QED) is 0.491. The van der Waals surface area contributed by atoms with Gasteiger partial charge in [-0.3, -0.25) is 0 Å². The predicted molar refractivity (Wildman–Crippen MR) is 114 cm³/mol. The first kappa shape index (κ1) is 21.5. The summed E-state index contributed by atoms with van der Waals surface area (Å²) in [5, 5.41) is 0. The van der Waals surface area contributed by atoms with Crippen LogP contribution in [0.1, 0.15) is 34.7 Å². The molecule has 138 valence electrons. The zero-order valence-corrected chi connectivity index (χ0v) is 17.0. The number of hydrogen-bond acceptors (Lipinski definition) is 1. The van der Waals surface area contributed by atoms with Crippen molar-refractivity contribution in [2.45, 2.75) is 41.0 Å². The Morgan fingerprint density at radius 1 is 0.538 bits per heavy atom. The third-order valence-corrected chi connectivity index (χ3v) is 4.00. The molecule has 1 nitrogen and oxygen atoms in total. The molecule has 0 unspecified atom stereocenters. The smallest absolute Gasteiger partial charge is 0.118 e. The Bertz CT molecular complexity index is 656. The Hall–Kier alpha value is -2.54. The van der Waals surface area contributed by atoms with Crippen LogP contribution >= 0.6 is 0 Å². The fourth-order valence-electron chi connectivity index (χ4n) is 2.14. The van der Waals surface area contributed by atoms with Gasteiger partial charge >= 0.3 is 0 Å². The molecular weight excluding hydrogens is 316 g/mol. The topological polar surface area (TPSA) is 9.23 Å². The van der Waals surface area contributed by atoms with Crippen molar-refractivity contribution in [1.82, 2.24) is 0 Å². The summed E-state index contributed by atoms with van der Waals surface area (Å²) in [4.78, 5) is 0. The molecule has 3 rings (SSSR count). The molecule has 0 aliphatic heterocycles. The largest absolute Gasteiger partial charge is 0.497 e. The first-order chi connectivity index (χ1) is 12.4. The highest BCUT2D eigenvalue weighted by atomic mass is 16.5. The van der Waals surface area contributed by atoms with Gasteiger partial charge in [0.25, 0.3) is 0 Å². The molecule has 3 aromatic carbocycles. The van der Waals surface area contributed by atoms with E-state index in [2.05, 4.69) is 83.1 Å². The summed E-state index contributed by atoms with van der Waals surface area (Å²) in [6.07, 6.45) is 1.14. The van der Waals surface area contributed by atoms with Gasteiger partial charge in [0.15, 0.2) is 0 Å². The number of ether oxygens (including phenoxy) is 1. The molecule has 0 atom stereocenters. The van der Waals surface area contributed by atoms with Gasteiger partial charge in [-0.2, -0.15) is 0 Å². The molecule has 3 aromatic rings. The van der Waals surface area contributed by atoms with Crippen molar-refractivity contribution in [3.05, 3.63) is 101 Å². The molecule has 0 fully saturated rings. The number of hydrogen-bond donors (Lipinski definition) is 0. The van der Waals surface area contributed by atoms with Gasteiger partial charge in [-0.15, -0.1) is 0 Å². The third kappa shape index (κ3) is 9.08. The lowest BCUT2D eigenvalue weighted by atomic mass is 10.1. The van der Waals surface area contributed by atoms with Crippen LogP contribution in [0, 0.1) is 27.7 Å². The second-order valence-electron chi connectivity index (χ2n) is 6.51. The predicted octanol–water partition coefficient (Wildman–Crippen LogP) is 6.86. The van der Waals surface area contributed by atoms with E-state index in [1.807, 2.05) is 24.3 Å². The summed E-state index contributed by atoms with van der Waals surface area (Å²) < 4.78 is 4.97. The highest BCUT2D eigenvalue weighted by Crippen LogP contribution is 2.09. The van der Waals surface area contributed by atoms with Crippen LogP contribution in [-0.4, -0.2) is 7.11 Å². The second-order valence-corrected chi connectivity index (χ2v) is 6.51. The number of rotatable bonds is 2. The van der Waals surface area contributed by atoms with E-state index in [-0.39, 0.29) is 0 Å². The SMILES string of the molecule is CCc1ccc(C)cc1.COc1ccc(C)cc1.Cc1ccc(C)cc1. The van der Waals surface area contributed by atoms with Gasteiger partial charge in [0, 0.05) is 0 Å². The monoisotopic (exact) mass is 348 g/mol. The van der Waals surface area contributed by atoms with E-state index >= 15 is 0 Å². The van der Waals surface area contributed by atoms with Gasteiger partial charge in [-0.05, 0) is 51.8 Å². The van der Waals surface area contributed by atoms with E-state index < -0.39 is 0 Å². The van der Waals surface area contributed by atoms with Gasteiger partial charge < -0.3 is 4.74 Å². The third-order valence-electron chi connectivity index (χ3n) is 4.00. The highest BCUT2D eigenvalue weighted by molar-refractivity contribution is 5.26. The molecular formula is C25H32O. The highest BCUT2D eigenvalue weighted by Gasteiger charge is 1.86. The van der Waals surface area contributed by atoms with E-state index in [9.17, 15) is 0 Å². The maximum atomic E-state index is 4.97. The lowest BCUT2D eigenvalue weighted by Crippen LogP contribution is -1.80. The molecule has 0 radical (unpaired) electrons. The summed E-state index contributed by atoms with van der Waals surface area (Å²) in [6, 6.07) is 25.1. The van der Waals surface area contributed by atoms with E-state index in [0.29, 0.717) is 0 Å². The normalized spacial score (nSPS) is 9.31. The Kier molecular flexibility index (Phi) is 9.86. The van der Waals surface area contributed by atoms with Crippen LogP contribution in [0.15, 0.2) is 72.8 Å². The molecule has 0 saturated heterocycles. The van der Waals surface area contributed by atoms with Crippen LogP contribution in [0.3, 0.4) is 0 Å². The second kappa shape index (κ2) is 11.9. The van der Waals surface area contributed by atoms with Crippen molar-refractivity contribution >= 4 is 0 Å². The Morgan fingerprint density at radius 3 is 1.15 bits per heavy atom. The van der Waals surface area contributed by atoms with Gasteiger partial charge in [0.2, 0.25) is 0 Å². The maximum Gasteiger partial charge on any atom is 0.118 e. The van der Waals surface area contributed by atoms with E-state index in [0.717, 1.165) is 12.2 Å². The fraction of sp³-hybridized carbons (Fsp3) is 0.280. The molecule has 0 heterocycles. The van der Waals surface area contributed by atoms with Crippen LogP contribution in [0.25, 0.3) is 0 Å². The molecule has 0 bridgehead atoms. The zero-order valence-electron chi connectivity index (χ0n) is 17.0. The first-order valence-corrected chi connectivity index (χ1v) is 9.14. The van der Waals surface area contributed by atoms with Crippen molar-refractivity contribution in [2.24, 2.45) is 0 Å². The van der Waals surface area contributed by atoms with Gasteiger partial charge in [-0.25, -0.2) is 0 Å². The summed E-state index contributed by atoms with van der Waals surface area (Å²) in [5.41, 5.74) is 6.68. The van der Waals surface area contributed by atoms with Crippen molar-refractivity contribution in [3.63, 3.8) is 0 Å². The number of benzene rings is 3. The lowest BCUT2D eigenvalue weighted by molar-refractivity contribution is 0.414. The Balaban J connectivity index is 0.000000195. The van der Waals surface area contributed by atoms with Crippen LogP contribution in [0.4, 0.5) is 0 Å². The first-order valence-electron chi connectivity index (χ1n) is 9.14. The van der Waals surface area contributed by atoms with Crippen molar-refractivity contribution in [3.8, 4) is 5.75 Å². The average molecular weight is 349 g/mol. The van der Waals surface area contributed by atoms with Crippen LogP contribution < -0.4 is 4.74 Å². The van der Waals surface area contributed by atoms with Crippen LogP contribution in [0.2, 0.25) is 0 Å². The molecule has 0 N–H and O–H groups in total. The molecule has 0 spiro atoms. The minimum absolute atomic E-state index is 0.917. The standard InChI is InChI=1S/C9H12.C8H10O.C8H10/c1-3-9-6-4-8(2)5-7-9;1-7-3-5-8(9-2)6-4-7;1-7-3-5-8(2)6-4-7/h4-7H,3H2,1-2H3;3-6H,1-2H3;3-6H,1-2H3. The van der Waals surface area contributed by atoms with Crippen molar-refractivity contribution < 1.29 is 4.74 Å². The minimum atomic E-state index is 0.917. The van der Waals surface area contributed by atoms with Crippen LogP contribution in [-0.2, 0) is 6.42 Å². The number of methoxy groups -OCH3 is 1. The number of aryl methyl sites for hydroxylation is 5. The summed E-state index contributed by atoms with van der Waals surface area (Å²) in [6.45, 7) is 10.5. The molecule has 0 amide bonds. The van der Waals surface area contributed by atoms with E-state index in [4.69, 9.17) is 4.74 Å². The van der Waals surface area contributed by atoms with Gasteiger partial charge in [0.1, 0.15) is 5.75 Å². The molecule has 0 saturated carbocycles. The summed E-state index contributed by atoms with van der Waals surface area (Å²) >= 11 is 0. The molecule has 26 heavy (non-hydrogen) atoms.